The standard InChI is InChI=1S/C22H28N6O4S/c1-16-7-9-26(10-8-16)20-5-6-21(24-23-20)27-11-13-28(14-12-27)33(30,31)17-3-4-19-18(15-17)25(2)22(29)32-19/h3-6,15-16H,7-14H2,1-2H3. The second-order valence-electron chi connectivity index (χ2n) is 8.87. The van der Waals surface area contributed by atoms with Crippen LogP contribution in [0, 0.1) is 5.92 Å². The van der Waals surface area contributed by atoms with E-state index in [1.54, 1.807) is 7.05 Å². The number of anilines is 2. The van der Waals surface area contributed by atoms with Gasteiger partial charge in [0, 0.05) is 46.3 Å². The van der Waals surface area contributed by atoms with Gasteiger partial charge < -0.3 is 14.2 Å². The predicted molar refractivity (Wildman–Crippen MR) is 125 cm³/mol. The van der Waals surface area contributed by atoms with Crippen LogP contribution < -0.4 is 15.6 Å². The molecule has 0 aliphatic carbocycles. The van der Waals surface area contributed by atoms with E-state index in [1.165, 1.54) is 39.9 Å². The maximum Gasteiger partial charge on any atom is 0.419 e. The van der Waals surface area contributed by atoms with Crippen LogP contribution in [0.15, 0.2) is 44.4 Å². The number of aryl methyl sites for hydroxylation is 1. The van der Waals surface area contributed by atoms with Gasteiger partial charge in [0.25, 0.3) is 0 Å². The van der Waals surface area contributed by atoms with Gasteiger partial charge in [0.15, 0.2) is 17.2 Å². The Morgan fingerprint density at radius 3 is 2.12 bits per heavy atom. The number of oxazole rings is 1. The average Bonchev–Trinajstić information content (AvgIpc) is 3.12. The molecule has 0 saturated carbocycles. The molecular formula is C22H28N6O4S. The third-order valence-electron chi connectivity index (χ3n) is 6.71. The number of nitrogens with zero attached hydrogens (tertiary/aromatic N) is 6. The van der Waals surface area contributed by atoms with Gasteiger partial charge in [-0.3, -0.25) is 4.57 Å². The van der Waals surface area contributed by atoms with Crippen LogP contribution in [0.2, 0.25) is 0 Å². The van der Waals surface area contributed by atoms with E-state index in [4.69, 9.17) is 4.42 Å². The zero-order valence-corrected chi connectivity index (χ0v) is 19.7. The fraction of sp³-hybridized carbons (Fsp3) is 0.500. The summed E-state index contributed by atoms with van der Waals surface area (Å²) in [7, 11) is -2.13. The van der Waals surface area contributed by atoms with E-state index in [0.29, 0.717) is 37.3 Å². The summed E-state index contributed by atoms with van der Waals surface area (Å²) in [6, 6.07) is 8.48. The highest BCUT2D eigenvalue weighted by atomic mass is 32.2. The molecule has 0 amide bonds. The van der Waals surface area contributed by atoms with Crippen molar-refractivity contribution < 1.29 is 12.8 Å². The lowest BCUT2D eigenvalue weighted by atomic mass is 9.99. The fourth-order valence-corrected chi connectivity index (χ4v) is 5.91. The lowest BCUT2D eigenvalue weighted by Crippen LogP contribution is -2.49. The number of piperazine rings is 1. The quantitative estimate of drug-likeness (QED) is 0.565. The molecule has 1 aromatic carbocycles. The molecule has 176 valence electrons. The molecule has 10 nitrogen and oxygen atoms in total. The molecule has 3 aromatic rings. The van der Waals surface area contributed by atoms with Crippen molar-refractivity contribution in [3.8, 4) is 0 Å². The molecule has 0 spiro atoms. The first-order chi connectivity index (χ1) is 15.8. The van der Waals surface area contributed by atoms with Gasteiger partial charge in [0.05, 0.1) is 10.4 Å². The third kappa shape index (κ3) is 4.10. The number of rotatable bonds is 4. The van der Waals surface area contributed by atoms with Crippen molar-refractivity contribution in [3.05, 3.63) is 40.9 Å². The molecule has 0 N–H and O–H groups in total. The van der Waals surface area contributed by atoms with Gasteiger partial charge in [0.2, 0.25) is 10.0 Å². The smallest absolute Gasteiger partial charge is 0.408 e. The van der Waals surface area contributed by atoms with E-state index >= 15 is 0 Å². The Morgan fingerprint density at radius 2 is 1.52 bits per heavy atom. The molecule has 0 unspecified atom stereocenters. The number of aromatic nitrogens is 3. The Bertz CT molecular complexity index is 1300. The van der Waals surface area contributed by atoms with Gasteiger partial charge in [-0.05, 0) is 49.1 Å². The van der Waals surface area contributed by atoms with Crippen LogP contribution in [0.1, 0.15) is 19.8 Å². The van der Waals surface area contributed by atoms with E-state index in [2.05, 4.69) is 26.9 Å². The molecule has 0 atom stereocenters. The van der Waals surface area contributed by atoms with E-state index in [9.17, 15) is 13.2 Å². The predicted octanol–water partition coefficient (Wildman–Crippen LogP) is 1.67. The van der Waals surface area contributed by atoms with Crippen LogP contribution in [-0.4, -0.2) is 66.8 Å². The van der Waals surface area contributed by atoms with Crippen molar-refractivity contribution in [2.75, 3.05) is 49.1 Å². The van der Waals surface area contributed by atoms with Gasteiger partial charge in [-0.2, -0.15) is 4.31 Å². The van der Waals surface area contributed by atoms with E-state index < -0.39 is 15.8 Å². The van der Waals surface area contributed by atoms with Crippen molar-refractivity contribution in [1.82, 2.24) is 19.1 Å². The molecule has 4 heterocycles. The first-order valence-electron chi connectivity index (χ1n) is 11.3. The molecule has 0 radical (unpaired) electrons. The van der Waals surface area contributed by atoms with Gasteiger partial charge in [-0.25, -0.2) is 13.2 Å². The minimum absolute atomic E-state index is 0.153. The summed E-state index contributed by atoms with van der Waals surface area (Å²) < 4.78 is 34.3. The minimum Gasteiger partial charge on any atom is -0.408 e. The first kappa shape index (κ1) is 21.9. The average molecular weight is 473 g/mol. The summed E-state index contributed by atoms with van der Waals surface area (Å²) in [4.78, 5) is 16.2. The van der Waals surface area contributed by atoms with Crippen molar-refractivity contribution in [2.24, 2.45) is 13.0 Å². The Kier molecular flexibility index (Phi) is 5.61. The van der Waals surface area contributed by atoms with Crippen LogP contribution in [0.4, 0.5) is 11.6 Å². The summed E-state index contributed by atoms with van der Waals surface area (Å²) >= 11 is 0. The molecule has 33 heavy (non-hydrogen) atoms. The van der Waals surface area contributed by atoms with E-state index in [-0.39, 0.29) is 4.90 Å². The number of piperidine rings is 1. The summed E-state index contributed by atoms with van der Waals surface area (Å²) in [6.07, 6.45) is 2.34. The fourth-order valence-electron chi connectivity index (χ4n) is 4.47. The summed E-state index contributed by atoms with van der Waals surface area (Å²) in [5.41, 5.74) is 0.825. The van der Waals surface area contributed by atoms with Gasteiger partial charge in [-0.15, -0.1) is 10.2 Å². The normalized spacial score (nSPS) is 18.8. The van der Waals surface area contributed by atoms with Crippen molar-refractivity contribution >= 4 is 32.8 Å². The lowest BCUT2D eigenvalue weighted by molar-refractivity contribution is 0.383. The number of benzene rings is 1. The maximum absolute atomic E-state index is 13.2. The van der Waals surface area contributed by atoms with Crippen LogP contribution in [0.25, 0.3) is 11.1 Å². The molecule has 11 heteroatoms. The molecule has 2 aliphatic heterocycles. The molecule has 2 fully saturated rings. The largest absolute Gasteiger partial charge is 0.419 e. The highest BCUT2D eigenvalue weighted by molar-refractivity contribution is 7.89. The molecule has 2 aliphatic rings. The van der Waals surface area contributed by atoms with E-state index in [1.807, 2.05) is 12.1 Å². The Hall–Kier alpha value is -2.92. The minimum atomic E-state index is -3.69. The molecule has 2 aromatic heterocycles. The molecule has 2 saturated heterocycles. The van der Waals surface area contributed by atoms with Crippen LogP contribution in [0.3, 0.4) is 0 Å². The SMILES string of the molecule is CC1CCN(c2ccc(N3CCN(S(=O)(=O)c4ccc5oc(=O)n(C)c5c4)CC3)nn2)CC1. The third-order valence-corrected chi connectivity index (χ3v) is 8.60. The van der Waals surface area contributed by atoms with E-state index in [0.717, 1.165) is 30.6 Å². The van der Waals surface area contributed by atoms with Crippen molar-refractivity contribution in [3.63, 3.8) is 0 Å². The summed E-state index contributed by atoms with van der Waals surface area (Å²) in [6.45, 7) is 6.04. The summed E-state index contributed by atoms with van der Waals surface area (Å²) in [5.74, 6) is 1.90. The topological polar surface area (TPSA) is 105 Å². The Labute approximate surface area is 192 Å². The van der Waals surface area contributed by atoms with Crippen molar-refractivity contribution in [2.45, 2.75) is 24.7 Å². The first-order valence-corrected chi connectivity index (χ1v) is 12.7. The van der Waals surface area contributed by atoms with Gasteiger partial charge >= 0.3 is 5.76 Å². The lowest BCUT2D eigenvalue weighted by Gasteiger charge is -2.35. The maximum atomic E-state index is 13.2. The number of hydrogen-bond donors (Lipinski definition) is 0. The monoisotopic (exact) mass is 472 g/mol. The number of fused-ring (bicyclic) bond motifs is 1. The second kappa shape index (κ2) is 8.45. The Balaban J connectivity index is 1.26. The van der Waals surface area contributed by atoms with Gasteiger partial charge in [0.1, 0.15) is 0 Å². The molecular weight excluding hydrogens is 444 g/mol. The van der Waals surface area contributed by atoms with Crippen LogP contribution in [0.5, 0.6) is 0 Å². The van der Waals surface area contributed by atoms with Crippen LogP contribution in [-0.2, 0) is 17.1 Å². The molecule has 0 bridgehead atoms. The number of sulfonamides is 1. The Morgan fingerprint density at radius 1 is 0.909 bits per heavy atom. The number of hydrogen-bond acceptors (Lipinski definition) is 8. The second-order valence-corrected chi connectivity index (χ2v) is 10.8. The zero-order chi connectivity index (χ0) is 23.2. The van der Waals surface area contributed by atoms with Gasteiger partial charge in [-0.1, -0.05) is 6.92 Å². The highest BCUT2D eigenvalue weighted by Crippen LogP contribution is 2.25. The summed E-state index contributed by atoms with van der Waals surface area (Å²) in [5, 5.41) is 8.83. The zero-order valence-electron chi connectivity index (χ0n) is 18.8. The highest BCUT2D eigenvalue weighted by Gasteiger charge is 2.30. The van der Waals surface area contributed by atoms with Crippen LogP contribution >= 0.6 is 0 Å². The van der Waals surface area contributed by atoms with Crippen molar-refractivity contribution in [1.29, 1.82) is 0 Å². The molecule has 5 rings (SSSR count).